The van der Waals surface area contributed by atoms with Crippen molar-refractivity contribution in [3.8, 4) is 0 Å². The van der Waals surface area contributed by atoms with Crippen LogP contribution in [0.3, 0.4) is 0 Å². The lowest BCUT2D eigenvalue weighted by Crippen LogP contribution is -2.63. The molecule has 0 aliphatic carbocycles. The van der Waals surface area contributed by atoms with Crippen LogP contribution in [0.5, 0.6) is 0 Å². The van der Waals surface area contributed by atoms with Crippen LogP contribution < -0.4 is 5.32 Å². The standard InChI is InChI=1S/C37H41N7O13S/c1-19-30-29(20(2)45)34(47)42(30)31(35(48)49)32(19)58-27-14-28(41(16-27)37(51)57-18-23-6-10-26(11-7-23)44(54)55)33(46)39-24-12-13-40(15-24)21(3)38-36(50)56-17-22-4-8-25(9-5-22)43(52)53/h4-11,19-20,24,27-30,45H,12-18H2,1-3H3,(H,39,46)(H,48,49)/t19-,20-,24+,27+,28+,29-,30-/m1/s1. The predicted molar refractivity (Wildman–Crippen MR) is 204 cm³/mol. The van der Waals surface area contributed by atoms with Crippen molar-refractivity contribution in [2.24, 2.45) is 16.8 Å². The molecule has 58 heavy (non-hydrogen) atoms. The number of non-ortho nitro benzene ring substituents is 2. The lowest BCUT2D eigenvalue weighted by atomic mass is 9.79. The number of benzene rings is 2. The first-order valence-electron chi connectivity index (χ1n) is 18.4. The first-order chi connectivity index (χ1) is 27.5. The number of nitro benzene ring substituents is 2. The Bertz CT molecular complexity index is 2060. The zero-order valence-electron chi connectivity index (χ0n) is 31.6. The van der Waals surface area contributed by atoms with Gasteiger partial charge >= 0.3 is 18.2 Å². The van der Waals surface area contributed by atoms with E-state index in [1.807, 2.05) is 0 Å². The Morgan fingerprint density at radius 2 is 1.57 bits per heavy atom. The zero-order valence-corrected chi connectivity index (χ0v) is 32.4. The van der Waals surface area contributed by atoms with Gasteiger partial charge < -0.3 is 34.8 Å². The Balaban J connectivity index is 1.11. The molecule has 3 fully saturated rings. The van der Waals surface area contributed by atoms with Gasteiger partial charge in [0, 0.05) is 66.0 Å². The van der Waals surface area contributed by atoms with Crippen LogP contribution in [0.1, 0.15) is 44.7 Å². The van der Waals surface area contributed by atoms with Crippen LogP contribution in [0, 0.1) is 32.1 Å². The van der Waals surface area contributed by atoms with Crippen LogP contribution in [0.4, 0.5) is 21.0 Å². The maximum Gasteiger partial charge on any atom is 0.435 e. The molecule has 6 rings (SSSR count). The number of rotatable bonds is 12. The van der Waals surface area contributed by atoms with Gasteiger partial charge in [0.1, 0.15) is 30.8 Å². The minimum absolute atomic E-state index is 0.00600. The number of fused-ring (bicyclic) bond motifs is 1. The number of aliphatic hydroxyl groups excluding tert-OH is 1. The number of carboxylic acid groups (broad SMARTS) is 1. The Morgan fingerprint density at radius 1 is 0.983 bits per heavy atom. The van der Waals surface area contributed by atoms with Crippen LogP contribution >= 0.6 is 11.8 Å². The van der Waals surface area contributed by atoms with E-state index in [-0.39, 0.29) is 49.8 Å². The Hall–Kier alpha value is -6.09. The third-order valence-electron chi connectivity index (χ3n) is 10.7. The van der Waals surface area contributed by atoms with Gasteiger partial charge in [0.05, 0.1) is 27.9 Å². The number of carbonyl (C=O) groups is 5. The molecule has 20 nitrogen and oxygen atoms in total. The van der Waals surface area contributed by atoms with Gasteiger partial charge in [-0.15, -0.1) is 11.8 Å². The molecule has 0 saturated carbocycles. The smallest absolute Gasteiger partial charge is 0.435 e. The molecule has 4 heterocycles. The molecule has 0 bridgehead atoms. The maximum absolute atomic E-state index is 13.9. The number of thioether (sulfide) groups is 1. The fraction of sp³-hybridized carbons (Fsp3) is 0.459. The van der Waals surface area contributed by atoms with Gasteiger partial charge in [-0.25, -0.2) is 14.4 Å². The van der Waals surface area contributed by atoms with Crippen LogP contribution in [0.15, 0.2) is 64.1 Å². The quantitative estimate of drug-likeness (QED) is 0.0910. The number of ether oxygens (including phenoxy) is 2. The molecule has 308 valence electrons. The largest absolute Gasteiger partial charge is 0.477 e. The highest BCUT2D eigenvalue weighted by atomic mass is 32.2. The van der Waals surface area contributed by atoms with E-state index >= 15 is 0 Å². The summed E-state index contributed by atoms with van der Waals surface area (Å²) in [7, 11) is 0. The average molecular weight is 824 g/mol. The van der Waals surface area contributed by atoms with E-state index < -0.39 is 81.1 Å². The highest BCUT2D eigenvalue weighted by Gasteiger charge is 2.60. The topological polar surface area (TPSA) is 265 Å². The Morgan fingerprint density at radius 3 is 2.12 bits per heavy atom. The summed E-state index contributed by atoms with van der Waals surface area (Å²) >= 11 is 1.18. The van der Waals surface area contributed by atoms with Crippen molar-refractivity contribution in [3.63, 3.8) is 0 Å². The van der Waals surface area contributed by atoms with E-state index in [2.05, 4.69) is 10.3 Å². The number of nitrogens with one attached hydrogen (secondary N) is 1. The summed E-state index contributed by atoms with van der Waals surface area (Å²) < 4.78 is 10.8. The SMILES string of the molecule is CC(=NC(=O)OCc1ccc([N+](=O)[O-])cc1)N1CC[C@H](NC(=O)[C@@H]2C[C@H](SC3=C(C(=O)O)N4C(=O)[C@H]([C@@H](C)O)[C@H]4[C@H]3C)CN2C(=O)OCc2ccc([N+](=O)[O-])cc2)C1. The lowest BCUT2D eigenvalue weighted by Gasteiger charge is -2.46. The highest BCUT2D eigenvalue weighted by Crippen LogP contribution is 2.52. The van der Waals surface area contributed by atoms with Crippen molar-refractivity contribution in [2.45, 2.75) is 76.3 Å². The molecule has 21 heteroatoms. The normalized spacial score (nSPS) is 24.6. The summed E-state index contributed by atoms with van der Waals surface area (Å²) in [6.07, 6.45) is -2.09. The Kier molecular flexibility index (Phi) is 12.3. The third kappa shape index (κ3) is 8.74. The molecule has 4 aliphatic rings. The molecule has 2 aromatic rings. The van der Waals surface area contributed by atoms with Gasteiger partial charge in [-0.2, -0.15) is 4.99 Å². The van der Waals surface area contributed by atoms with Gasteiger partial charge in [-0.3, -0.25) is 34.7 Å². The molecule has 2 aromatic carbocycles. The molecule has 0 radical (unpaired) electrons. The third-order valence-corrected chi connectivity index (χ3v) is 12.2. The number of nitro groups is 2. The second kappa shape index (κ2) is 17.2. The van der Waals surface area contributed by atoms with E-state index in [4.69, 9.17) is 9.47 Å². The molecular formula is C37H41N7O13S. The minimum atomic E-state index is -1.30. The number of β-lactam (4-membered cyclic amide) rings is 1. The zero-order chi connectivity index (χ0) is 42.0. The van der Waals surface area contributed by atoms with Gasteiger partial charge in [-0.05, 0) is 62.1 Å². The number of hydrogen-bond acceptors (Lipinski definition) is 13. The minimum Gasteiger partial charge on any atom is -0.477 e. The summed E-state index contributed by atoms with van der Waals surface area (Å²) in [5.74, 6) is -3.12. The number of likely N-dealkylation sites (tertiary alicyclic amines) is 2. The number of nitrogens with zero attached hydrogens (tertiary/aromatic N) is 6. The summed E-state index contributed by atoms with van der Waals surface area (Å²) in [6.45, 7) is 5.21. The second-order valence-electron chi connectivity index (χ2n) is 14.5. The predicted octanol–water partition coefficient (Wildman–Crippen LogP) is 3.42. The van der Waals surface area contributed by atoms with Crippen molar-refractivity contribution in [3.05, 3.63) is 90.5 Å². The molecule has 4 amide bonds. The van der Waals surface area contributed by atoms with Gasteiger partial charge in [0.2, 0.25) is 11.8 Å². The maximum atomic E-state index is 13.9. The number of aliphatic imine (C=N–C) groups is 1. The fourth-order valence-electron chi connectivity index (χ4n) is 7.70. The van der Waals surface area contributed by atoms with Crippen molar-refractivity contribution >= 4 is 58.9 Å². The highest BCUT2D eigenvalue weighted by molar-refractivity contribution is 8.03. The summed E-state index contributed by atoms with van der Waals surface area (Å²) in [5, 5.41) is 44.8. The summed E-state index contributed by atoms with van der Waals surface area (Å²) in [4.78, 5) is 94.8. The fourth-order valence-corrected chi connectivity index (χ4v) is 9.22. The van der Waals surface area contributed by atoms with E-state index in [0.29, 0.717) is 34.8 Å². The van der Waals surface area contributed by atoms with Gasteiger partial charge in [0.15, 0.2) is 0 Å². The van der Waals surface area contributed by atoms with Crippen molar-refractivity contribution in [1.29, 1.82) is 0 Å². The van der Waals surface area contributed by atoms with Crippen LogP contribution in [0.2, 0.25) is 0 Å². The molecule has 3 N–H and O–H groups in total. The number of amidine groups is 1. The van der Waals surface area contributed by atoms with Crippen LogP contribution in [-0.4, -0.2) is 120 Å². The number of carboxylic acids is 1. The monoisotopic (exact) mass is 823 g/mol. The van der Waals surface area contributed by atoms with Gasteiger partial charge in [0.25, 0.3) is 11.4 Å². The first-order valence-corrected chi connectivity index (χ1v) is 19.2. The molecule has 0 aromatic heterocycles. The van der Waals surface area contributed by atoms with E-state index in [1.165, 1.54) is 77.0 Å². The van der Waals surface area contributed by atoms with Crippen molar-refractivity contribution in [2.75, 3.05) is 19.6 Å². The number of hydrogen-bond donors (Lipinski definition) is 3. The van der Waals surface area contributed by atoms with E-state index in [9.17, 15) is 54.4 Å². The molecule has 4 aliphatic heterocycles. The molecule has 3 saturated heterocycles. The van der Waals surface area contributed by atoms with Crippen LogP contribution in [-0.2, 0) is 37.1 Å². The molecule has 0 spiro atoms. The van der Waals surface area contributed by atoms with E-state index in [1.54, 1.807) is 18.7 Å². The molecular weight excluding hydrogens is 783 g/mol. The lowest BCUT2D eigenvalue weighted by molar-refractivity contribution is -0.385. The second-order valence-corrected chi connectivity index (χ2v) is 15.8. The first kappa shape index (κ1) is 41.5. The number of aliphatic carboxylic acids is 1. The summed E-state index contributed by atoms with van der Waals surface area (Å²) in [5.41, 5.74) is 0.596. The van der Waals surface area contributed by atoms with E-state index in [0.717, 1.165) is 0 Å². The summed E-state index contributed by atoms with van der Waals surface area (Å²) in [6, 6.07) is 9.00. The van der Waals surface area contributed by atoms with Crippen molar-refractivity contribution in [1.82, 2.24) is 20.0 Å². The van der Waals surface area contributed by atoms with Crippen molar-refractivity contribution < 1.29 is 53.5 Å². The number of carbonyl (C=O) groups excluding carboxylic acids is 4. The average Bonchev–Trinajstić information content (AvgIpc) is 3.89. The van der Waals surface area contributed by atoms with Crippen LogP contribution in [0.25, 0.3) is 0 Å². The molecule has 0 unspecified atom stereocenters. The Labute approximate surface area is 335 Å². The number of aliphatic hydroxyl groups is 1. The van der Waals surface area contributed by atoms with Gasteiger partial charge in [-0.1, -0.05) is 6.92 Å². The number of amides is 4. The molecule has 7 atom stereocenters.